The minimum absolute atomic E-state index is 0.0288. The van der Waals surface area contributed by atoms with E-state index in [2.05, 4.69) is 15.4 Å². The minimum atomic E-state index is -4.49. The highest BCUT2D eigenvalue weighted by molar-refractivity contribution is 6.24. The molecule has 17 nitrogen and oxygen atoms in total. The third kappa shape index (κ3) is 10.4. The number of halogens is 3. The first-order chi connectivity index (χ1) is 31.8. The maximum absolute atomic E-state index is 13.2. The van der Waals surface area contributed by atoms with Crippen molar-refractivity contribution in [3.8, 4) is 28.4 Å². The Kier molecular flexibility index (Phi) is 13.7. The van der Waals surface area contributed by atoms with Crippen molar-refractivity contribution in [2.24, 2.45) is 0 Å². The molecule has 5 aromatic rings. The number of nitrogens with two attached hydrogens (primary N) is 1. The number of nitrogen functional groups attached to an aromatic ring is 1. The zero-order valence-corrected chi connectivity index (χ0v) is 35.4. The van der Waals surface area contributed by atoms with Crippen molar-refractivity contribution in [2.45, 2.75) is 44.4 Å². The van der Waals surface area contributed by atoms with Crippen LogP contribution in [0.1, 0.15) is 50.2 Å². The lowest BCUT2D eigenvalue weighted by molar-refractivity contribution is -0.138. The molecular weight excluding hydrogens is 868 g/mol. The van der Waals surface area contributed by atoms with Crippen LogP contribution in [0.15, 0.2) is 85.3 Å². The van der Waals surface area contributed by atoms with Gasteiger partial charge in [-0.2, -0.15) is 18.3 Å². The van der Waals surface area contributed by atoms with Crippen LogP contribution in [-0.2, 0) is 54.2 Å². The molecule has 3 aromatic carbocycles. The van der Waals surface area contributed by atoms with Gasteiger partial charge in [0, 0.05) is 42.2 Å². The number of piperidine rings is 1. The number of ether oxygens (including phenoxy) is 5. The normalized spacial score (nSPS) is 15.8. The van der Waals surface area contributed by atoms with Gasteiger partial charge in [0.1, 0.15) is 24.1 Å². The molecule has 0 saturated carbocycles. The molecule has 66 heavy (non-hydrogen) atoms. The molecule has 0 aliphatic carbocycles. The van der Waals surface area contributed by atoms with Crippen LogP contribution in [-0.4, -0.2) is 108 Å². The molecule has 1 unspecified atom stereocenters. The van der Waals surface area contributed by atoms with E-state index in [1.807, 2.05) is 12.3 Å². The Hall–Kier alpha value is -7.16. The first-order valence-electron chi connectivity index (χ1n) is 21.1. The molecule has 0 spiro atoms. The standard InChI is InChI=1S/C46H44F3N7O10/c47-46(48,49)32-4-1-3-28(21-32)22-40(58)55-12-11-29-23-33(7-8-35(29)55)66-38-24-30(25-51-42(38)50)31-26-52-54(27-31)13-14-62-15-16-63-17-18-64-19-20-65-37-6-2-5-34-41(37)45(61)56(44(34)60)36-9-10-39(57)53-43(36)59/h1-8,21,23-27,36H,9-20,22H2,(H2,50,51)(H,53,57,59). The predicted octanol–water partition coefficient (Wildman–Crippen LogP) is 5.00. The van der Waals surface area contributed by atoms with Crippen LogP contribution in [0, 0.1) is 0 Å². The number of fused-ring (bicyclic) bond motifs is 2. The number of nitrogens with zero attached hydrogens (tertiary/aromatic N) is 5. The Labute approximate surface area is 375 Å². The van der Waals surface area contributed by atoms with E-state index >= 15 is 0 Å². The maximum atomic E-state index is 13.2. The molecule has 8 rings (SSSR count). The van der Waals surface area contributed by atoms with E-state index in [0.717, 1.165) is 33.7 Å². The van der Waals surface area contributed by atoms with Crippen LogP contribution in [0.4, 0.5) is 24.7 Å². The van der Waals surface area contributed by atoms with Gasteiger partial charge in [-0.25, -0.2) is 4.98 Å². The van der Waals surface area contributed by atoms with Gasteiger partial charge in [0.05, 0.1) is 75.5 Å². The summed E-state index contributed by atoms with van der Waals surface area (Å²) >= 11 is 0. The van der Waals surface area contributed by atoms with Gasteiger partial charge >= 0.3 is 6.18 Å². The highest BCUT2D eigenvalue weighted by Gasteiger charge is 2.46. The first-order valence-corrected chi connectivity index (χ1v) is 21.1. The van der Waals surface area contributed by atoms with Crippen molar-refractivity contribution >= 4 is 41.0 Å². The molecule has 344 valence electrons. The minimum Gasteiger partial charge on any atom is -0.490 e. The Morgan fingerprint density at radius 3 is 2.35 bits per heavy atom. The van der Waals surface area contributed by atoms with Crippen LogP contribution in [0.3, 0.4) is 0 Å². The molecule has 20 heteroatoms. The van der Waals surface area contributed by atoms with E-state index in [1.165, 1.54) is 18.2 Å². The molecule has 5 amide bonds. The van der Waals surface area contributed by atoms with E-state index in [0.29, 0.717) is 63.1 Å². The zero-order chi connectivity index (χ0) is 46.4. The number of nitrogens with one attached hydrogen (secondary N) is 1. The summed E-state index contributed by atoms with van der Waals surface area (Å²) in [6.45, 7) is 2.81. The lowest BCUT2D eigenvalue weighted by Crippen LogP contribution is -2.54. The lowest BCUT2D eigenvalue weighted by Gasteiger charge is -2.27. The summed E-state index contributed by atoms with van der Waals surface area (Å²) in [5, 5.41) is 6.60. The molecule has 1 fully saturated rings. The van der Waals surface area contributed by atoms with Gasteiger partial charge in [0.2, 0.25) is 17.7 Å². The van der Waals surface area contributed by atoms with Gasteiger partial charge < -0.3 is 34.3 Å². The number of alkyl halides is 3. The topological polar surface area (TPSA) is 207 Å². The van der Waals surface area contributed by atoms with Crippen LogP contribution in [0.2, 0.25) is 0 Å². The van der Waals surface area contributed by atoms with Crippen LogP contribution < -0.4 is 25.4 Å². The Morgan fingerprint density at radius 2 is 1.58 bits per heavy atom. The molecule has 3 aliphatic rings. The third-order valence-electron chi connectivity index (χ3n) is 11.1. The summed E-state index contributed by atoms with van der Waals surface area (Å²) < 4.78 is 70.1. The van der Waals surface area contributed by atoms with E-state index in [9.17, 15) is 37.1 Å². The summed E-state index contributed by atoms with van der Waals surface area (Å²) in [5.74, 6) is -1.51. The number of aromatic nitrogens is 3. The zero-order valence-electron chi connectivity index (χ0n) is 35.4. The van der Waals surface area contributed by atoms with Gasteiger partial charge in [-0.3, -0.25) is 38.9 Å². The van der Waals surface area contributed by atoms with Crippen LogP contribution >= 0.6 is 0 Å². The number of hydrogen-bond acceptors (Lipinski definition) is 13. The molecule has 3 N–H and O–H groups in total. The van der Waals surface area contributed by atoms with Crippen molar-refractivity contribution in [2.75, 3.05) is 63.4 Å². The summed E-state index contributed by atoms with van der Waals surface area (Å²) in [5.41, 5.74) is 8.90. The smallest absolute Gasteiger partial charge is 0.416 e. The van der Waals surface area contributed by atoms with E-state index in [4.69, 9.17) is 29.4 Å². The summed E-state index contributed by atoms with van der Waals surface area (Å²) in [4.78, 5) is 70.0. The van der Waals surface area contributed by atoms with E-state index < -0.39 is 41.4 Å². The SMILES string of the molecule is Nc1ncc(-c2cnn(CCOCCOCCOCCOc3cccc4c3C(=O)N(C3CCC(=O)NC3=O)C4=O)c2)cc1Oc1ccc2c(c1)CCN2C(=O)Cc1cccc(C(F)(F)F)c1. The van der Waals surface area contributed by atoms with Crippen molar-refractivity contribution in [1.29, 1.82) is 0 Å². The molecule has 0 radical (unpaired) electrons. The van der Waals surface area contributed by atoms with Crippen molar-refractivity contribution in [3.63, 3.8) is 0 Å². The molecule has 0 bridgehead atoms. The van der Waals surface area contributed by atoms with Crippen molar-refractivity contribution < 1.29 is 60.8 Å². The quantitative estimate of drug-likeness (QED) is 0.0828. The Balaban J connectivity index is 0.719. The molecule has 3 aliphatic heterocycles. The number of hydrogen-bond donors (Lipinski definition) is 2. The first kappa shape index (κ1) is 45.4. The van der Waals surface area contributed by atoms with Gasteiger partial charge in [0.15, 0.2) is 11.6 Å². The number of carbonyl (C=O) groups is 5. The van der Waals surface area contributed by atoms with Crippen LogP contribution in [0.5, 0.6) is 17.2 Å². The number of anilines is 2. The molecular formula is C46H44F3N7O10. The highest BCUT2D eigenvalue weighted by Crippen LogP contribution is 2.37. The maximum Gasteiger partial charge on any atom is 0.416 e. The van der Waals surface area contributed by atoms with Gasteiger partial charge in [-0.15, -0.1) is 0 Å². The number of amides is 5. The fraction of sp³-hybridized carbons (Fsp3) is 0.326. The molecule has 1 atom stereocenters. The largest absolute Gasteiger partial charge is 0.490 e. The summed E-state index contributed by atoms with van der Waals surface area (Å²) in [6.07, 6.45) is 1.13. The van der Waals surface area contributed by atoms with Gasteiger partial charge in [0.25, 0.3) is 11.8 Å². The van der Waals surface area contributed by atoms with Gasteiger partial charge in [-0.05, 0) is 66.4 Å². The number of pyridine rings is 1. The highest BCUT2D eigenvalue weighted by atomic mass is 19.4. The average molecular weight is 912 g/mol. The van der Waals surface area contributed by atoms with Gasteiger partial charge in [-0.1, -0.05) is 24.3 Å². The van der Waals surface area contributed by atoms with E-state index in [1.54, 1.807) is 52.3 Å². The summed E-state index contributed by atoms with van der Waals surface area (Å²) in [7, 11) is 0. The fourth-order valence-electron chi connectivity index (χ4n) is 7.80. The lowest BCUT2D eigenvalue weighted by atomic mass is 10.0. The number of imide groups is 2. The summed E-state index contributed by atoms with van der Waals surface area (Å²) in [6, 6.07) is 15.4. The van der Waals surface area contributed by atoms with Crippen molar-refractivity contribution in [1.82, 2.24) is 25.0 Å². The second-order valence-electron chi connectivity index (χ2n) is 15.5. The molecule has 5 heterocycles. The Morgan fingerprint density at radius 1 is 0.818 bits per heavy atom. The van der Waals surface area contributed by atoms with E-state index in [-0.39, 0.29) is 73.2 Å². The van der Waals surface area contributed by atoms with Crippen molar-refractivity contribution in [3.05, 3.63) is 113 Å². The second kappa shape index (κ2) is 19.9. The fourth-order valence-corrected chi connectivity index (χ4v) is 7.80. The monoisotopic (exact) mass is 911 g/mol. The van der Waals surface area contributed by atoms with Crippen LogP contribution in [0.25, 0.3) is 11.1 Å². The predicted molar refractivity (Wildman–Crippen MR) is 229 cm³/mol. The Bertz CT molecular complexity index is 2660. The second-order valence-corrected chi connectivity index (χ2v) is 15.5. The average Bonchev–Trinajstić information content (AvgIpc) is 4.01. The number of carbonyl (C=O) groups excluding carboxylic acids is 5. The molecule has 2 aromatic heterocycles. The third-order valence-corrected chi connectivity index (χ3v) is 11.1. The molecule has 1 saturated heterocycles. The number of rotatable bonds is 19. The number of benzene rings is 3.